The Kier molecular flexibility index (Phi) is 9.64. The molecule has 2 rings (SSSR count). The summed E-state index contributed by atoms with van der Waals surface area (Å²) in [6.45, 7) is 1.81. The quantitative estimate of drug-likeness (QED) is 0.581. The lowest BCUT2D eigenvalue weighted by atomic mass is 10.1. The number of hydrogen-bond acceptors (Lipinski definition) is 6. The Morgan fingerprint density at radius 2 is 1.96 bits per heavy atom. The summed E-state index contributed by atoms with van der Waals surface area (Å²) in [7, 11) is 1.26. The van der Waals surface area contributed by atoms with E-state index in [1.54, 1.807) is 24.3 Å². The molecule has 0 aliphatic carbocycles. The summed E-state index contributed by atoms with van der Waals surface area (Å²) in [6, 6.07) is 7.04. The van der Waals surface area contributed by atoms with Gasteiger partial charge in [0.2, 0.25) is 11.8 Å². The Morgan fingerprint density at radius 1 is 1.23 bits per heavy atom. The Bertz CT molecular complexity index is 603. The van der Waals surface area contributed by atoms with E-state index >= 15 is 0 Å². The molecule has 1 atom stereocenters. The molecule has 8 nitrogen and oxygen atoms in total. The van der Waals surface area contributed by atoms with Crippen LogP contribution in [0.15, 0.2) is 24.3 Å². The van der Waals surface area contributed by atoms with Gasteiger partial charge in [-0.25, -0.2) is 0 Å². The second-order valence-electron chi connectivity index (χ2n) is 5.70. The number of nitrogens with one attached hydrogen (secondary N) is 3. The van der Waals surface area contributed by atoms with Crippen LogP contribution in [0.3, 0.4) is 0 Å². The van der Waals surface area contributed by atoms with Gasteiger partial charge in [-0.2, -0.15) is 0 Å². The standard InChI is InChI=1S/C17H23N3O5.ClH/c1-24-17(23)10-19-15(21)8-12-2-4-13(5-3-12)20-16(22)9-14-11-25-7-6-18-14;/h2-5,14,18H,6-11H2,1H3,(H,19,21)(H,20,22);1H. The van der Waals surface area contributed by atoms with Crippen molar-refractivity contribution in [2.45, 2.75) is 18.9 Å². The Hall–Kier alpha value is -2.16. The minimum Gasteiger partial charge on any atom is -0.468 e. The summed E-state index contributed by atoms with van der Waals surface area (Å²) in [5, 5.41) is 8.52. The molecule has 0 bridgehead atoms. The molecule has 0 aromatic heterocycles. The molecule has 2 amide bonds. The van der Waals surface area contributed by atoms with Crippen LogP contribution in [-0.2, 0) is 30.3 Å². The van der Waals surface area contributed by atoms with Crippen LogP contribution in [0.2, 0.25) is 0 Å². The number of carbonyl (C=O) groups is 3. The monoisotopic (exact) mass is 385 g/mol. The molecular weight excluding hydrogens is 362 g/mol. The van der Waals surface area contributed by atoms with Crippen molar-refractivity contribution < 1.29 is 23.9 Å². The average molecular weight is 386 g/mol. The van der Waals surface area contributed by atoms with Crippen LogP contribution in [0.1, 0.15) is 12.0 Å². The van der Waals surface area contributed by atoms with Crippen LogP contribution in [-0.4, -0.2) is 57.2 Å². The van der Waals surface area contributed by atoms with E-state index in [4.69, 9.17) is 4.74 Å². The number of esters is 1. The van der Waals surface area contributed by atoms with Crippen molar-refractivity contribution in [1.29, 1.82) is 0 Å². The van der Waals surface area contributed by atoms with Gasteiger partial charge in [0.05, 0.1) is 26.7 Å². The molecule has 0 saturated carbocycles. The zero-order chi connectivity index (χ0) is 18.1. The third-order valence-electron chi connectivity index (χ3n) is 3.69. The van der Waals surface area contributed by atoms with Gasteiger partial charge in [-0.05, 0) is 17.7 Å². The summed E-state index contributed by atoms with van der Waals surface area (Å²) in [4.78, 5) is 34.7. The molecule has 1 aliphatic heterocycles. The normalized spacial score (nSPS) is 16.1. The first-order valence-electron chi connectivity index (χ1n) is 8.10. The van der Waals surface area contributed by atoms with Gasteiger partial charge in [0, 0.05) is 24.7 Å². The summed E-state index contributed by atoms with van der Waals surface area (Å²) < 4.78 is 9.77. The highest BCUT2D eigenvalue weighted by atomic mass is 35.5. The van der Waals surface area contributed by atoms with E-state index in [-0.39, 0.29) is 43.2 Å². The van der Waals surface area contributed by atoms with E-state index in [2.05, 4.69) is 20.7 Å². The van der Waals surface area contributed by atoms with E-state index < -0.39 is 5.97 Å². The predicted octanol–water partition coefficient (Wildman–Crippen LogP) is 0.257. The van der Waals surface area contributed by atoms with Crippen molar-refractivity contribution in [3.8, 4) is 0 Å². The van der Waals surface area contributed by atoms with Crippen molar-refractivity contribution in [2.75, 3.05) is 38.7 Å². The first-order valence-corrected chi connectivity index (χ1v) is 8.10. The van der Waals surface area contributed by atoms with E-state index in [9.17, 15) is 14.4 Å². The third-order valence-corrected chi connectivity index (χ3v) is 3.69. The first-order chi connectivity index (χ1) is 12.1. The molecule has 1 aromatic carbocycles. The highest BCUT2D eigenvalue weighted by Crippen LogP contribution is 2.11. The minimum absolute atomic E-state index is 0. The Morgan fingerprint density at radius 3 is 2.58 bits per heavy atom. The molecular formula is C17H24ClN3O5. The van der Waals surface area contributed by atoms with Crippen molar-refractivity contribution in [3.05, 3.63) is 29.8 Å². The number of carbonyl (C=O) groups excluding carboxylic acids is 3. The van der Waals surface area contributed by atoms with Crippen molar-refractivity contribution >= 4 is 35.9 Å². The average Bonchev–Trinajstić information content (AvgIpc) is 2.62. The van der Waals surface area contributed by atoms with E-state index in [1.165, 1.54) is 7.11 Å². The van der Waals surface area contributed by atoms with Crippen LogP contribution < -0.4 is 16.0 Å². The third kappa shape index (κ3) is 7.81. The fraction of sp³-hybridized carbons (Fsp3) is 0.471. The molecule has 1 heterocycles. The largest absolute Gasteiger partial charge is 0.468 e. The van der Waals surface area contributed by atoms with Gasteiger partial charge >= 0.3 is 5.97 Å². The second kappa shape index (κ2) is 11.5. The summed E-state index contributed by atoms with van der Waals surface area (Å²) in [5.41, 5.74) is 1.45. The summed E-state index contributed by atoms with van der Waals surface area (Å²) >= 11 is 0. The molecule has 1 fully saturated rings. The SMILES string of the molecule is COC(=O)CNC(=O)Cc1ccc(NC(=O)CC2COCCN2)cc1.Cl. The van der Waals surface area contributed by atoms with Gasteiger partial charge in [0.1, 0.15) is 6.54 Å². The lowest BCUT2D eigenvalue weighted by molar-refractivity contribution is -0.141. The zero-order valence-corrected chi connectivity index (χ0v) is 15.4. The van der Waals surface area contributed by atoms with Crippen LogP contribution in [0.25, 0.3) is 0 Å². The number of ether oxygens (including phenoxy) is 2. The summed E-state index contributed by atoms with van der Waals surface area (Å²) in [5.74, 6) is -0.860. The molecule has 1 aliphatic rings. The van der Waals surface area contributed by atoms with Gasteiger partial charge in [-0.15, -0.1) is 12.4 Å². The molecule has 0 spiro atoms. The van der Waals surface area contributed by atoms with Gasteiger partial charge in [-0.1, -0.05) is 12.1 Å². The Balaban J connectivity index is 0.00000338. The lowest BCUT2D eigenvalue weighted by Crippen LogP contribution is -2.43. The first kappa shape index (κ1) is 21.9. The van der Waals surface area contributed by atoms with Crippen molar-refractivity contribution in [1.82, 2.24) is 10.6 Å². The second-order valence-corrected chi connectivity index (χ2v) is 5.70. The van der Waals surface area contributed by atoms with Crippen molar-refractivity contribution in [2.24, 2.45) is 0 Å². The van der Waals surface area contributed by atoms with Gasteiger partial charge in [-0.3, -0.25) is 14.4 Å². The molecule has 9 heteroatoms. The molecule has 1 aromatic rings. The number of morpholine rings is 1. The van der Waals surface area contributed by atoms with Crippen LogP contribution in [0.5, 0.6) is 0 Å². The number of anilines is 1. The number of benzene rings is 1. The highest BCUT2D eigenvalue weighted by molar-refractivity contribution is 5.91. The number of amides is 2. The molecule has 1 unspecified atom stereocenters. The topological polar surface area (TPSA) is 106 Å². The van der Waals surface area contributed by atoms with E-state index in [0.717, 1.165) is 12.1 Å². The van der Waals surface area contributed by atoms with Crippen molar-refractivity contribution in [3.63, 3.8) is 0 Å². The molecule has 26 heavy (non-hydrogen) atoms. The number of hydrogen-bond donors (Lipinski definition) is 3. The lowest BCUT2D eigenvalue weighted by Gasteiger charge is -2.23. The maximum absolute atomic E-state index is 12.0. The minimum atomic E-state index is -0.496. The van der Waals surface area contributed by atoms with Crippen LogP contribution >= 0.6 is 12.4 Å². The van der Waals surface area contributed by atoms with Crippen LogP contribution in [0.4, 0.5) is 5.69 Å². The zero-order valence-electron chi connectivity index (χ0n) is 14.6. The van der Waals surface area contributed by atoms with Gasteiger partial charge in [0.15, 0.2) is 0 Å². The molecule has 0 radical (unpaired) electrons. The van der Waals surface area contributed by atoms with Gasteiger partial charge in [0.25, 0.3) is 0 Å². The van der Waals surface area contributed by atoms with E-state index in [1.807, 2.05) is 0 Å². The maximum atomic E-state index is 12.0. The Labute approximate surface area is 158 Å². The number of rotatable bonds is 7. The number of methoxy groups -OCH3 is 1. The maximum Gasteiger partial charge on any atom is 0.325 e. The van der Waals surface area contributed by atoms with Gasteiger partial charge < -0.3 is 25.4 Å². The number of halogens is 1. The predicted molar refractivity (Wildman–Crippen MR) is 98.3 cm³/mol. The van der Waals surface area contributed by atoms with E-state index in [0.29, 0.717) is 25.3 Å². The fourth-order valence-electron chi connectivity index (χ4n) is 2.38. The molecule has 144 valence electrons. The highest BCUT2D eigenvalue weighted by Gasteiger charge is 2.16. The fourth-order valence-corrected chi connectivity index (χ4v) is 2.38. The molecule has 1 saturated heterocycles. The summed E-state index contributed by atoms with van der Waals surface area (Å²) in [6.07, 6.45) is 0.492. The smallest absolute Gasteiger partial charge is 0.325 e. The molecule has 3 N–H and O–H groups in total. The van der Waals surface area contributed by atoms with Crippen LogP contribution in [0, 0.1) is 0 Å².